The van der Waals surface area contributed by atoms with Gasteiger partial charge in [0.05, 0.1) is 25.8 Å². The van der Waals surface area contributed by atoms with Gasteiger partial charge in [0, 0.05) is 12.1 Å². The van der Waals surface area contributed by atoms with Crippen LogP contribution in [-0.2, 0) is 0 Å². The molecule has 1 aromatic carbocycles. The second-order valence-electron chi connectivity index (χ2n) is 3.88. The quantitative estimate of drug-likeness (QED) is 0.879. The van der Waals surface area contributed by atoms with E-state index in [0.29, 0.717) is 27.3 Å². The topological polar surface area (TPSA) is 91.0 Å². The summed E-state index contributed by atoms with van der Waals surface area (Å²) in [5.41, 5.74) is 0.194. The van der Waals surface area contributed by atoms with Crippen LogP contribution in [0.1, 0.15) is 10.5 Å². The zero-order valence-corrected chi connectivity index (χ0v) is 13.1. The number of carboxylic acids is 1. The van der Waals surface area contributed by atoms with Crippen molar-refractivity contribution in [1.82, 2.24) is 5.16 Å². The molecule has 1 aromatic heterocycles. The van der Waals surface area contributed by atoms with Crippen molar-refractivity contribution in [2.24, 2.45) is 0 Å². The van der Waals surface area contributed by atoms with Crippen molar-refractivity contribution in [3.63, 3.8) is 0 Å². The van der Waals surface area contributed by atoms with Gasteiger partial charge in [0.2, 0.25) is 0 Å². The van der Waals surface area contributed by atoms with Gasteiger partial charge in [-0.1, -0.05) is 5.16 Å². The maximum absolute atomic E-state index is 10.9. The van der Waals surface area contributed by atoms with Gasteiger partial charge in [0.25, 0.3) is 0 Å². The predicted molar refractivity (Wildman–Crippen MR) is 76.3 cm³/mol. The van der Waals surface area contributed by atoms with Crippen molar-refractivity contribution in [3.05, 3.63) is 22.3 Å². The van der Waals surface area contributed by atoms with Crippen molar-refractivity contribution in [2.45, 2.75) is 0 Å². The van der Waals surface area contributed by atoms with E-state index in [0.717, 1.165) is 0 Å². The van der Waals surface area contributed by atoms with Crippen LogP contribution in [0.4, 0.5) is 0 Å². The minimum absolute atomic E-state index is 0.195. The molecule has 0 saturated carbocycles. The molecule has 7 nitrogen and oxygen atoms in total. The van der Waals surface area contributed by atoms with Gasteiger partial charge < -0.3 is 23.8 Å². The smallest absolute Gasteiger partial charge is 0.358 e. The van der Waals surface area contributed by atoms with Crippen molar-refractivity contribution in [3.8, 4) is 28.6 Å². The molecule has 1 N–H and O–H groups in total. The van der Waals surface area contributed by atoms with Gasteiger partial charge in [-0.05, 0) is 15.9 Å². The van der Waals surface area contributed by atoms with Crippen LogP contribution < -0.4 is 14.2 Å². The van der Waals surface area contributed by atoms with Crippen molar-refractivity contribution < 1.29 is 28.6 Å². The average Bonchev–Trinajstić information content (AvgIpc) is 2.95. The molecule has 8 heteroatoms. The second kappa shape index (κ2) is 6.04. The predicted octanol–water partition coefficient (Wildman–Crippen LogP) is 2.83. The highest BCUT2D eigenvalue weighted by Crippen LogP contribution is 2.48. The summed E-state index contributed by atoms with van der Waals surface area (Å²) >= 11 is 3.36. The number of nitrogens with zero attached hydrogens (tertiary/aromatic N) is 1. The van der Waals surface area contributed by atoms with Gasteiger partial charge in [-0.3, -0.25) is 0 Å². The Bertz CT molecular complexity index is 682. The number of hydrogen-bond acceptors (Lipinski definition) is 6. The van der Waals surface area contributed by atoms with E-state index >= 15 is 0 Å². The van der Waals surface area contributed by atoms with Crippen LogP contribution in [-0.4, -0.2) is 37.6 Å². The maximum Gasteiger partial charge on any atom is 0.358 e. The molecule has 0 aliphatic carbocycles. The zero-order chi connectivity index (χ0) is 15.6. The number of methoxy groups -OCH3 is 3. The summed E-state index contributed by atoms with van der Waals surface area (Å²) in [6.07, 6.45) is 0. The second-order valence-corrected chi connectivity index (χ2v) is 4.74. The summed E-state index contributed by atoms with van der Waals surface area (Å²) < 4.78 is 21.6. The summed E-state index contributed by atoms with van der Waals surface area (Å²) in [6, 6.07) is 2.96. The van der Waals surface area contributed by atoms with Gasteiger partial charge in [-0.2, -0.15) is 0 Å². The molecule has 0 radical (unpaired) electrons. The number of rotatable bonds is 5. The SMILES string of the molecule is COc1cc(Br)c(OC)c(-c2cc(C(=O)O)no2)c1OC. The molecule has 0 spiro atoms. The fourth-order valence-corrected chi connectivity index (χ4v) is 2.43. The molecule has 0 saturated heterocycles. The highest BCUT2D eigenvalue weighted by Gasteiger charge is 2.25. The van der Waals surface area contributed by atoms with Gasteiger partial charge in [0.1, 0.15) is 11.3 Å². The average molecular weight is 358 g/mol. The summed E-state index contributed by atoms with van der Waals surface area (Å²) in [7, 11) is 4.43. The van der Waals surface area contributed by atoms with Gasteiger partial charge >= 0.3 is 5.97 Å². The monoisotopic (exact) mass is 357 g/mol. The number of aromatic nitrogens is 1. The van der Waals surface area contributed by atoms with E-state index in [1.807, 2.05) is 0 Å². The van der Waals surface area contributed by atoms with E-state index in [2.05, 4.69) is 21.1 Å². The molecule has 2 rings (SSSR count). The standard InChI is InChI=1S/C13H12BrNO6/c1-18-9-4-6(14)11(19-2)10(12(9)20-3)8-5-7(13(16)17)15-21-8/h4-5H,1-3H3,(H,16,17). The Hall–Kier alpha value is -2.22. The summed E-state index contributed by atoms with van der Waals surface area (Å²) in [5.74, 6) is 0.213. The van der Waals surface area contributed by atoms with Crippen LogP contribution >= 0.6 is 15.9 Å². The number of ether oxygens (including phenoxy) is 3. The number of carboxylic acid groups (broad SMARTS) is 1. The minimum atomic E-state index is -1.19. The Morgan fingerprint density at radius 2 is 1.86 bits per heavy atom. The Kier molecular flexibility index (Phi) is 4.37. The van der Waals surface area contributed by atoms with Crippen LogP contribution in [0.5, 0.6) is 17.2 Å². The lowest BCUT2D eigenvalue weighted by molar-refractivity contribution is 0.0686. The number of hydrogen-bond donors (Lipinski definition) is 1. The van der Waals surface area contributed by atoms with E-state index in [-0.39, 0.29) is 11.5 Å². The van der Waals surface area contributed by atoms with Crippen LogP contribution in [0, 0.1) is 0 Å². The van der Waals surface area contributed by atoms with Crippen molar-refractivity contribution in [2.75, 3.05) is 21.3 Å². The van der Waals surface area contributed by atoms with Gasteiger partial charge in [0.15, 0.2) is 23.0 Å². The highest BCUT2D eigenvalue weighted by atomic mass is 79.9. The molecule has 112 valence electrons. The molecular weight excluding hydrogens is 346 g/mol. The van der Waals surface area contributed by atoms with Gasteiger partial charge in [-0.15, -0.1) is 0 Å². The first-order chi connectivity index (χ1) is 10.0. The maximum atomic E-state index is 10.9. The summed E-state index contributed by atoms with van der Waals surface area (Å²) in [5, 5.41) is 12.4. The van der Waals surface area contributed by atoms with E-state index in [9.17, 15) is 4.79 Å². The third kappa shape index (κ3) is 2.66. The fourth-order valence-electron chi connectivity index (χ4n) is 1.86. The first kappa shape index (κ1) is 15.2. The largest absolute Gasteiger partial charge is 0.495 e. The molecule has 0 aliphatic heterocycles. The third-order valence-electron chi connectivity index (χ3n) is 2.76. The molecule has 0 atom stereocenters. The van der Waals surface area contributed by atoms with Crippen LogP contribution in [0.25, 0.3) is 11.3 Å². The number of carbonyl (C=O) groups is 1. The Labute approximate surface area is 128 Å². The number of benzene rings is 1. The van der Waals surface area contributed by atoms with E-state index in [1.165, 1.54) is 27.4 Å². The molecule has 0 unspecified atom stereocenters. The third-order valence-corrected chi connectivity index (χ3v) is 3.35. The normalized spacial score (nSPS) is 10.3. The summed E-state index contributed by atoms with van der Waals surface area (Å²) in [6.45, 7) is 0. The highest BCUT2D eigenvalue weighted by molar-refractivity contribution is 9.10. The Morgan fingerprint density at radius 3 is 2.33 bits per heavy atom. The molecule has 0 amide bonds. The molecular formula is C13H12BrNO6. The van der Waals surface area contributed by atoms with Crippen LogP contribution in [0.15, 0.2) is 21.1 Å². The first-order valence-corrected chi connectivity index (χ1v) is 6.51. The van der Waals surface area contributed by atoms with E-state index in [1.54, 1.807) is 6.07 Å². The molecule has 21 heavy (non-hydrogen) atoms. The van der Waals surface area contributed by atoms with Crippen molar-refractivity contribution in [1.29, 1.82) is 0 Å². The lowest BCUT2D eigenvalue weighted by Crippen LogP contribution is -1.97. The number of halogens is 1. The molecule has 2 aromatic rings. The van der Waals surface area contributed by atoms with Gasteiger partial charge in [-0.25, -0.2) is 4.79 Å². The van der Waals surface area contributed by atoms with Crippen LogP contribution in [0.2, 0.25) is 0 Å². The van der Waals surface area contributed by atoms with Crippen LogP contribution in [0.3, 0.4) is 0 Å². The Balaban J connectivity index is 2.74. The molecule has 0 fully saturated rings. The summed E-state index contributed by atoms with van der Waals surface area (Å²) in [4.78, 5) is 10.9. The Morgan fingerprint density at radius 1 is 1.19 bits per heavy atom. The molecule has 0 bridgehead atoms. The van der Waals surface area contributed by atoms with E-state index in [4.69, 9.17) is 23.8 Å². The van der Waals surface area contributed by atoms with E-state index < -0.39 is 5.97 Å². The first-order valence-electron chi connectivity index (χ1n) is 5.72. The lowest BCUT2D eigenvalue weighted by atomic mass is 10.1. The zero-order valence-electron chi connectivity index (χ0n) is 11.5. The minimum Gasteiger partial charge on any atom is -0.495 e. The fraction of sp³-hybridized carbons (Fsp3) is 0.231. The molecule has 1 heterocycles. The molecule has 0 aliphatic rings. The lowest BCUT2D eigenvalue weighted by Gasteiger charge is -2.15. The number of aromatic carboxylic acids is 1. The van der Waals surface area contributed by atoms with Crippen molar-refractivity contribution >= 4 is 21.9 Å².